The van der Waals surface area contributed by atoms with Gasteiger partial charge in [0.05, 0.1) is 20.8 Å². The molecule has 2 aromatic rings. The lowest BCUT2D eigenvalue weighted by molar-refractivity contribution is 0.236. The SMILES string of the molecule is COc1ccc(CCNC(=O)NCCOc2ccccc2C)cc1OC. The molecule has 6 heteroatoms. The highest BCUT2D eigenvalue weighted by molar-refractivity contribution is 5.73. The first kappa shape index (κ1) is 19.4. The fourth-order valence-electron chi connectivity index (χ4n) is 2.46. The fraction of sp³-hybridized carbons (Fsp3) is 0.350. The number of aryl methyl sites for hydroxylation is 1. The first-order valence-corrected chi connectivity index (χ1v) is 8.55. The molecule has 0 heterocycles. The van der Waals surface area contributed by atoms with Gasteiger partial charge in [-0.05, 0) is 42.7 Å². The van der Waals surface area contributed by atoms with Crippen LogP contribution in [0.4, 0.5) is 4.79 Å². The molecular formula is C20H26N2O4. The van der Waals surface area contributed by atoms with E-state index in [4.69, 9.17) is 14.2 Å². The molecule has 2 N–H and O–H groups in total. The summed E-state index contributed by atoms with van der Waals surface area (Å²) in [5.74, 6) is 2.21. The number of amides is 2. The van der Waals surface area contributed by atoms with Crippen LogP contribution in [0.15, 0.2) is 42.5 Å². The minimum absolute atomic E-state index is 0.209. The molecule has 2 aromatic carbocycles. The summed E-state index contributed by atoms with van der Waals surface area (Å²) in [5.41, 5.74) is 2.14. The second-order valence-corrected chi connectivity index (χ2v) is 5.74. The lowest BCUT2D eigenvalue weighted by atomic mass is 10.1. The van der Waals surface area contributed by atoms with Crippen molar-refractivity contribution in [2.24, 2.45) is 0 Å². The molecule has 0 spiro atoms. The summed E-state index contributed by atoms with van der Waals surface area (Å²) in [4.78, 5) is 11.8. The maximum absolute atomic E-state index is 11.8. The van der Waals surface area contributed by atoms with Gasteiger partial charge in [0.2, 0.25) is 0 Å². The van der Waals surface area contributed by atoms with Crippen molar-refractivity contribution < 1.29 is 19.0 Å². The van der Waals surface area contributed by atoms with E-state index in [1.807, 2.05) is 49.4 Å². The van der Waals surface area contributed by atoms with E-state index in [2.05, 4.69) is 10.6 Å². The van der Waals surface area contributed by atoms with Crippen molar-refractivity contribution in [2.45, 2.75) is 13.3 Å². The molecule has 0 aromatic heterocycles. The van der Waals surface area contributed by atoms with Gasteiger partial charge in [0, 0.05) is 6.54 Å². The molecule has 140 valence electrons. The van der Waals surface area contributed by atoms with E-state index >= 15 is 0 Å². The van der Waals surface area contributed by atoms with Crippen LogP contribution in [0.3, 0.4) is 0 Å². The molecule has 0 saturated heterocycles. The van der Waals surface area contributed by atoms with Gasteiger partial charge in [0.15, 0.2) is 11.5 Å². The van der Waals surface area contributed by atoms with Crippen molar-refractivity contribution in [1.82, 2.24) is 10.6 Å². The molecule has 0 atom stereocenters. The highest BCUT2D eigenvalue weighted by Crippen LogP contribution is 2.27. The molecule has 2 amide bonds. The topological polar surface area (TPSA) is 68.8 Å². The summed E-state index contributed by atoms with van der Waals surface area (Å²) in [6.07, 6.45) is 0.702. The van der Waals surface area contributed by atoms with Gasteiger partial charge >= 0.3 is 6.03 Å². The third kappa shape index (κ3) is 5.88. The Balaban J connectivity index is 1.65. The van der Waals surface area contributed by atoms with Gasteiger partial charge in [-0.1, -0.05) is 24.3 Å². The van der Waals surface area contributed by atoms with Gasteiger partial charge in [-0.25, -0.2) is 4.79 Å². The molecule has 0 unspecified atom stereocenters. The van der Waals surface area contributed by atoms with E-state index in [0.717, 1.165) is 16.9 Å². The summed E-state index contributed by atoms with van der Waals surface area (Å²) in [7, 11) is 3.21. The van der Waals surface area contributed by atoms with Crippen LogP contribution in [0.5, 0.6) is 17.2 Å². The van der Waals surface area contributed by atoms with E-state index in [0.29, 0.717) is 37.6 Å². The Morgan fingerprint density at radius 3 is 2.38 bits per heavy atom. The summed E-state index contributed by atoms with van der Waals surface area (Å²) in [5, 5.41) is 5.61. The molecule has 2 rings (SSSR count). The Kier molecular flexibility index (Phi) is 7.61. The predicted octanol–water partition coefficient (Wildman–Crippen LogP) is 2.93. The van der Waals surface area contributed by atoms with Gasteiger partial charge in [0.1, 0.15) is 12.4 Å². The van der Waals surface area contributed by atoms with E-state index < -0.39 is 0 Å². The number of urea groups is 1. The third-order valence-electron chi connectivity index (χ3n) is 3.89. The summed E-state index contributed by atoms with van der Waals surface area (Å²) >= 11 is 0. The van der Waals surface area contributed by atoms with E-state index in [1.54, 1.807) is 14.2 Å². The number of nitrogens with one attached hydrogen (secondary N) is 2. The minimum Gasteiger partial charge on any atom is -0.493 e. The zero-order chi connectivity index (χ0) is 18.8. The van der Waals surface area contributed by atoms with Crippen molar-refractivity contribution in [3.63, 3.8) is 0 Å². The standard InChI is InChI=1S/C20H26N2O4/c1-15-6-4-5-7-17(15)26-13-12-22-20(23)21-11-10-16-8-9-18(24-2)19(14-16)25-3/h4-9,14H,10-13H2,1-3H3,(H2,21,22,23). The molecule has 0 bridgehead atoms. The third-order valence-corrected chi connectivity index (χ3v) is 3.89. The summed E-state index contributed by atoms with van der Waals surface area (Å²) in [6.45, 7) is 3.38. The van der Waals surface area contributed by atoms with Gasteiger partial charge in [0.25, 0.3) is 0 Å². The van der Waals surface area contributed by atoms with Crippen LogP contribution in [0.25, 0.3) is 0 Å². The van der Waals surface area contributed by atoms with Crippen LogP contribution in [0.2, 0.25) is 0 Å². The van der Waals surface area contributed by atoms with Gasteiger partial charge in [-0.15, -0.1) is 0 Å². The number of benzene rings is 2. The second kappa shape index (κ2) is 10.2. The summed E-state index contributed by atoms with van der Waals surface area (Å²) in [6, 6.07) is 13.3. The fourth-order valence-corrected chi connectivity index (χ4v) is 2.46. The maximum atomic E-state index is 11.8. The van der Waals surface area contributed by atoms with Crippen LogP contribution in [-0.4, -0.2) is 39.9 Å². The van der Waals surface area contributed by atoms with Crippen molar-refractivity contribution >= 4 is 6.03 Å². The minimum atomic E-state index is -0.209. The van der Waals surface area contributed by atoms with Crippen LogP contribution in [0, 0.1) is 6.92 Å². The van der Waals surface area contributed by atoms with Crippen molar-refractivity contribution in [3.05, 3.63) is 53.6 Å². The molecule has 0 saturated carbocycles. The average molecular weight is 358 g/mol. The lowest BCUT2D eigenvalue weighted by Crippen LogP contribution is -2.38. The van der Waals surface area contributed by atoms with Gasteiger partial charge in [-0.2, -0.15) is 0 Å². The average Bonchev–Trinajstić information content (AvgIpc) is 2.66. The second-order valence-electron chi connectivity index (χ2n) is 5.74. The quantitative estimate of drug-likeness (QED) is 0.676. The summed E-state index contributed by atoms with van der Waals surface area (Å²) < 4.78 is 16.1. The highest BCUT2D eigenvalue weighted by Gasteiger charge is 2.05. The largest absolute Gasteiger partial charge is 0.493 e. The Morgan fingerprint density at radius 1 is 0.923 bits per heavy atom. The first-order valence-electron chi connectivity index (χ1n) is 8.55. The molecular weight excluding hydrogens is 332 g/mol. The molecule has 0 aliphatic rings. The molecule has 0 radical (unpaired) electrons. The van der Waals surface area contributed by atoms with E-state index in [9.17, 15) is 4.79 Å². The van der Waals surface area contributed by atoms with Crippen molar-refractivity contribution in [1.29, 1.82) is 0 Å². The predicted molar refractivity (Wildman–Crippen MR) is 101 cm³/mol. The number of ether oxygens (including phenoxy) is 3. The Labute approximate surface area is 154 Å². The van der Waals surface area contributed by atoms with Crippen LogP contribution >= 0.6 is 0 Å². The van der Waals surface area contributed by atoms with Crippen molar-refractivity contribution in [2.75, 3.05) is 33.9 Å². The van der Waals surface area contributed by atoms with Crippen LogP contribution in [-0.2, 0) is 6.42 Å². The van der Waals surface area contributed by atoms with E-state index in [-0.39, 0.29) is 6.03 Å². The number of para-hydroxylation sites is 1. The molecule has 0 fully saturated rings. The molecule has 26 heavy (non-hydrogen) atoms. The number of rotatable bonds is 9. The number of carbonyl (C=O) groups excluding carboxylic acids is 1. The monoisotopic (exact) mass is 358 g/mol. The van der Waals surface area contributed by atoms with Crippen LogP contribution in [0.1, 0.15) is 11.1 Å². The zero-order valence-electron chi connectivity index (χ0n) is 15.5. The van der Waals surface area contributed by atoms with Gasteiger partial charge in [-0.3, -0.25) is 0 Å². The lowest BCUT2D eigenvalue weighted by Gasteiger charge is -2.11. The molecule has 6 nitrogen and oxygen atoms in total. The number of hydrogen-bond acceptors (Lipinski definition) is 4. The molecule has 0 aliphatic carbocycles. The Morgan fingerprint density at radius 2 is 1.65 bits per heavy atom. The van der Waals surface area contributed by atoms with Gasteiger partial charge < -0.3 is 24.8 Å². The smallest absolute Gasteiger partial charge is 0.314 e. The number of methoxy groups -OCH3 is 2. The van der Waals surface area contributed by atoms with E-state index in [1.165, 1.54) is 0 Å². The zero-order valence-corrected chi connectivity index (χ0v) is 15.5. The Bertz CT molecular complexity index is 719. The van der Waals surface area contributed by atoms with Crippen molar-refractivity contribution in [3.8, 4) is 17.2 Å². The number of hydrogen-bond donors (Lipinski definition) is 2. The normalized spacial score (nSPS) is 10.1. The maximum Gasteiger partial charge on any atom is 0.314 e. The molecule has 0 aliphatic heterocycles. The Hall–Kier alpha value is -2.89. The number of carbonyl (C=O) groups is 1. The first-order chi connectivity index (χ1) is 12.6. The highest BCUT2D eigenvalue weighted by atomic mass is 16.5. The van der Waals surface area contributed by atoms with Crippen LogP contribution < -0.4 is 24.8 Å².